The normalized spacial score (nSPS) is 14.4. The Balaban J connectivity index is 1.54. The highest BCUT2D eigenvalue weighted by Crippen LogP contribution is 2.25. The lowest BCUT2D eigenvalue weighted by Gasteiger charge is -2.34. The molecule has 3 N–H and O–H groups in total. The summed E-state index contributed by atoms with van der Waals surface area (Å²) in [6.07, 6.45) is 1.58. The molecule has 0 radical (unpaired) electrons. The molecular weight excluding hydrogens is 412 g/mol. The maximum absolute atomic E-state index is 14.0. The molecule has 1 aromatic heterocycles. The Morgan fingerprint density at radius 3 is 2.47 bits per heavy atom. The fourth-order valence-electron chi connectivity index (χ4n) is 3.77. The van der Waals surface area contributed by atoms with Gasteiger partial charge in [-0.1, -0.05) is 0 Å². The van der Waals surface area contributed by atoms with Crippen LogP contribution in [0.15, 0.2) is 54.7 Å². The molecule has 6 nitrogen and oxygen atoms in total. The number of carbonyl (C=O) groups excluding carboxylic acids is 1. The molecule has 0 unspecified atom stereocenters. The molecule has 32 heavy (non-hydrogen) atoms. The number of hydrogen-bond donors (Lipinski definition) is 2. The van der Waals surface area contributed by atoms with Crippen molar-refractivity contribution in [3.63, 3.8) is 0 Å². The van der Waals surface area contributed by atoms with Crippen LogP contribution >= 0.6 is 0 Å². The minimum absolute atomic E-state index is 0.0802. The van der Waals surface area contributed by atoms with Crippen LogP contribution < -0.4 is 16.0 Å². The second kappa shape index (κ2) is 9.32. The van der Waals surface area contributed by atoms with Crippen molar-refractivity contribution < 1.29 is 13.6 Å². The first-order valence-corrected chi connectivity index (χ1v) is 10.4. The molecule has 1 aliphatic heterocycles. The van der Waals surface area contributed by atoms with Crippen molar-refractivity contribution in [1.82, 2.24) is 9.88 Å². The van der Waals surface area contributed by atoms with Crippen LogP contribution in [0.1, 0.15) is 21.6 Å². The predicted octanol–water partition coefficient (Wildman–Crippen LogP) is 3.54. The Hall–Kier alpha value is -3.52. The maximum atomic E-state index is 14.0. The number of primary amides is 1. The lowest BCUT2D eigenvalue weighted by molar-refractivity contribution is 0.0996. The van der Waals surface area contributed by atoms with Gasteiger partial charge in [0, 0.05) is 50.2 Å². The van der Waals surface area contributed by atoms with E-state index in [0.29, 0.717) is 11.3 Å². The molecule has 3 aromatic rings. The van der Waals surface area contributed by atoms with Gasteiger partial charge in [-0.05, 0) is 66.7 Å². The summed E-state index contributed by atoms with van der Waals surface area (Å²) in [5, 5.41) is 3.19. The van der Waals surface area contributed by atoms with Crippen molar-refractivity contribution in [2.45, 2.75) is 6.42 Å². The molecule has 166 valence electrons. The number of benzene rings is 2. The van der Waals surface area contributed by atoms with E-state index in [9.17, 15) is 13.6 Å². The third kappa shape index (κ3) is 5.03. The number of amides is 1. The van der Waals surface area contributed by atoms with Crippen molar-refractivity contribution in [2.24, 2.45) is 5.73 Å². The van der Waals surface area contributed by atoms with Crippen LogP contribution in [0.3, 0.4) is 0 Å². The van der Waals surface area contributed by atoms with E-state index in [-0.39, 0.29) is 17.7 Å². The van der Waals surface area contributed by atoms with Crippen LogP contribution in [-0.2, 0) is 6.42 Å². The zero-order valence-electron chi connectivity index (χ0n) is 17.8. The highest BCUT2D eigenvalue weighted by atomic mass is 19.1. The molecule has 0 saturated carbocycles. The average molecular weight is 437 g/mol. The first-order chi connectivity index (χ1) is 15.4. The van der Waals surface area contributed by atoms with Crippen molar-refractivity contribution in [3.8, 4) is 0 Å². The minimum atomic E-state index is -0.676. The SMILES string of the molecule is CN1CCN(c2ccc(Nc3cc(Cc4cc(F)ccc4F)cnc3C(N)=O)cc2)CC1. The van der Waals surface area contributed by atoms with E-state index in [1.54, 1.807) is 6.07 Å². The number of rotatable bonds is 6. The fourth-order valence-corrected chi connectivity index (χ4v) is 3.77. The van der Waals surface area contributed by atoms with Gasteiger partial charge >= 0.3 is 0 Å². The van der Waals surface area contributed by atoms with E-state index in [4.69, 9.17) is 5.73 Å². The number of nitrogens with one attached hydrogen (secondary N) is 1. The summed E-state index contributed by atoms with van der Waals surface area (Å²) < 4.78 is 27.6. The van der Waals surface area contributed by atoms with Crippen molar-refractivity contribution in [1.29, 1.82) is 0 Å². The van der Waals surface area contributed by atoms with Gasteiger partial charge < -0.3 is 20.9 Å². The maximum Gasteiger partial charge on any atom is 0.269 e. The Morgan fingerprint density at radius 2 is 1.78 bits per heavy atom. The Kier molecular flexibility index (Phi) is 6.32. The number of nitrogens with two attached hydrogens (primary N) is 1. The number of anilines is 3. The van der Waals surface area contributed by atoms with Gasteiger partial charge in [-0.25, -0.2) is 13.8 Å². The summed E-state index contributed by atoms with van der Waals surface area (Å²) in [5.74, 6) is -1.69. The van der Waals surface area contributed by atoms with E-state index < -0.39 is 17.5 Å². The first kappa shape index (κ1) is 21.7. The number of carbonyl (C=O) groups is 1. The summed E-state index contributed by atoms with van der Waals surface area (Å²) >= 11 is 0. The van der Waals surface area contributed by atoms with E-state index in [1.165, 1.54) is 6.20 Å². The van der Waals surface area contributed by atoms with E-state index in [1.807, 2.05) is 24.3 Å². The van der Waals surface area contributed by atoms with Crippen LogP contribution in [0.25, 0.3) is 0 Å². The third-order valence-electron chi connectivity index (χ3n) is 5.59. The van der Waals surface area contributed by atoms with Crippen LogP contribution in [0.4, 0.5) is 25.8 Å². The molecule has 4 rings (SSSR count). The fraction of sp³-hybridized carbons (Fsp3) is 0.250. The molecule has 1 saturated heterocycles. The van der Waals surface area contributed by atoms with Gasteiger partial charge in [-0.15, -0.1) is 0 Å². The Bertz CT molecular complexity index is 1110. The van der Waals surface area contributed by atoms with Crippen LogP contribution in [0.2, 0.25) is 0 Å². The van der Waals surface area contributed by atoms with Gasteiger partial charge in [0.25, 0.3) is 5.91 Å². The number of halogens is 2. The number of piperazine rings is 1. The summed E-state index contributed by atoms with van der Waals surface area (Å²) in [7, 11) is 2.12. The second-order valence-electron chi connectivity index (χ2n) is 7.98. The number of pyridine rings is 1. The van der Waals surface area contributed by atoms with Crippen LogP contribution in [0, 0.1) is 11.6 Å². The van der Waals surface area contributed by atoms with Gasteiger partial charge in [-0.2, -0.15) is 0 Å². The number of aromatic nitrogens is 1. The first-order valence-electron chi connectivity index (χ1n) is 10.4. The molecule has 1 amide bonds. The largest absolute Gasteiger partial charge is 0.369 e. The lowest BCUT2D eigenvalue weighted by atomic mass is 10.0. The second-order valence-corrected chi connectivity index (χ2v) is 7.98. The van der Waals surface area contributed by atoms with Gasteiger partial charge in [0.2, 0.25) is 0 Å². The molecular formula is C24H25F2N5O. The van der Waals surface area contributed by atoms with E-state index in [2.05, 4.69) is 27.1 Å². The summed E-state index contributed by atoms with van der Waals surface area (Å²) in [6, 6.07) is 12.9. The Labute approximate surface area is 185 Å². The molecule has 1 aliphatic rings. The number of likely N-dealkylation sites (N-methyl/N-ethyl adjacent to an activating group) is 1. The van der Waals surface area contributed by atoms with Crippen molar-refractivity contribution >= 4 is 23.0 Å². The average Bonchev–Trinajstić information content (AvgIpc) is 2.77. The summed E-state index contributed by atoms with van der Waals surface area (Å²) in [4.78, 5) is 20.6. The van der Waals surface area contributed by atoms with Crippen molar-refractivity contribution in [3.05, 3.63) is 83.2 Å². The molecule has 0 bridgehead atoms. The highest BCUT2D eigenvalue weighted by Gasteiger charge is 2.15. The standard InChI is InChI=1S/C24H25F2N5O/c1-30-8-10-31(11-9-30)20-5-3-19(4-6-20)29-22-13-16(15-28-23(22)24(27)32)12-17-14-18(25)2-7-21(17)26/h2-7,13-15,29H,8-12H2,1H3,(H2,27,32). The highest BCUT2D eigenvalue weighted by molar-refractivity contribution is 5.97. The molecule has 0 atom stereocenters. The third-order valence-corrected chi connectivity index (χ3v) is 5.59. The van der Waals surface area contributed by atoms with Crippen LogP contribution in [-0.4, -0.2) is 49.0 Å². The zero-order valence-corrected chi connectivity index (χ0v) is 17.8. The topological polar surface area (TPSA) is 74.5 Å². The molecule has 8 heteroatoms. The van der Waals surface area contributed by atoms with E-state index >= 15 is 0 Å². The van der Waals surface area contributed by atoms with E-state index in [0.717, 1.165) is 55.8 Å². The van der Waals surface area contributed by atoms with Crippen LogP contribution in [0.5, 0.6) is 0 Å². The molecule has 0 aliphatic carbocycles. The van der Waals surface area contributed by atoms with Gasteiger partial charge in [0.1, 0.15) is 11.6 Å². The van der Waals surface area contributed by atoms with Gasteiger partial charge in [0.15, 0.2) is 5.69 Å². The molecule has 2 aromatic carbocycles. The predicted molar refractivity (Wildman–Crippen MR) is 121 cm³/mol. The molecule has 2 heterocycles. The lowest BCUT2D eigenvalue weighted by Crippen LogP contribution is -2.44. The molecule has 1 fully saturated rings. The number of nitrogens with zero attached hydrogens (tertiary/aromatic N) is 3. The smallest absolute Gasteiger partial charge is 0.269 e. The zero-order chi connectivity index (χ0) is 22.7. The Morgan fingerprint density at radius 1 is 1.06 bits per heavy atom. The minimum Gasteiger partial charge on any atom is -0.369 e. The van der Waals surface area contributed by atoms with Crippen molar-refractivity contribution in [2.75, 3.05) is 43.4 Å². The number of hydrogen-bond acceptors (Lipinski definition) is 5. The van der Waals surface area contributed by atoms with Gasteiger partial charge in [0.05, 0.1) is 5.69 Å². The summed E-state index contributed by atoms with van der Waals surface area (Å²) in [5.41, 5.74) is 8.71. The molecule has 0 spiro atoms. The monoisotopic (exact) mass is 437 g/mol. The quantitative estimate of drug-likeness (QED) is 0.617. The van der Waals surface area contributed by atoms with Gasteiger partial charge in [-0.3, -0.25) is 4.79 Å². The summed E-state index contributed by atoms with van der Waals surface area (Å²) in [6.45, 7) is 3.98.